The van der Waals surface area contributed by atoms with Crippen molar-refractivity contribution in [3.63, 3.8) is 0 Å². The average Bonchev–Trinajstić information content (AvgIpc) is 1.81. The zero-order chi connectivity index (χ0) is 8.15. The summed E-state index contributed by atoms with van der Waals surface area (Å²) in [7, 11) is 0. The molecule has 0 rings (SSSR count). The lowest BCUT2D eigenvalue weighted by Gasteiger charge is -1.99. The molecular formula is C3H3N3O4. The van der Waals surface area contributed by atoms with Gasteiger partial charge in [0.05, 0.1) is 0 Å². The van der Waals surface area contributed by atoms with Crippen LogP contribution < -0.4 is 0 Å². The summed E-state index contributed by atoms with van der Waals surface area (Å²) in [5.41, 5.74) is 0. The highest BCUT2D eigenvalue weighted by molar-refractivity contribution is 5.65. The van der Waals surface area contributed by atoms with Gasteiger partial charge in [-0.2, -0.15) is 5.26 Å². The Hall–Kier alpha value is -1.84. The number of carbonyl (C=O) groups excluding carboxylic acids is 1. The van der Waals surface area contributed by atoms with Gasteiger partial charge in [0.25, 0.3) is 6.19 Å². The molecule has 7 heteroatoms. The Morgan fingerprint density at radius 3 is 2.50 bits per heavy atom. The van der Waals surface area contributed by atoms with Crippen LogP contribution in [0.2, 0.25) is 0 Å². The molecule has 0 heterocycles. The number of nitriles is 1. The van der Waals surface area contributed by atoms with E-state index in [-0.39, 0.29) is 5.17 Å². The third-order valence-corrected chi connectivity index (χ3v) is 0.449. The molecule has 0 unspecified atom stereocenters. The first kappa shape index (κ1) is 8.16. The molecule has 0 aliphatic carbocycles. The van der Waals surface area contributed by atoms with E-state index in [1.165, 1.54) is 0 Å². The van der Waals surface area contributed by atoms with Gasteiger partial charge in [-0.15, -0.1) is 0 Å². The molecule has 10 heavy (non-hydrogen) atoms. The van der Waals surface area contributed by atoms with Crippen LogP contribution >= 0.6 is 0 Å². The largest absolute Gasteiger partial charge is 0.336 e. The van der Waals surface area contributed by atoms with E-state index >= 15 is 0 Å². The van der Waals surface area contributed by atoms with Gasteiger partial charge in [0.1, 0.15) is 0 Å². The van der Waals surface area contributed by atoms with E-state index in [0.29, 0.717) is 0 Å². The fraction of sp³-hybridized carbons (Fsp3) is 0.333. The molecule has 0 N–H and O–H groups in total. The van der Waals surface area contributed by atoms with Crippen molar-refractivity contribution in [3.8, 4) is 6.19 Å². The number of hydrogen-bond donors (Lipinski definition) is 0. The maximum Gasteiger partial charge on any atom is 0.336 e. The molecule has 0 aliphatic rings. The Kier molecular flexibility index (Phi) is 2.64. The van der Waals surface area contributed by atoms with Gasteiger partial charge in [0.15, 0.2) is 5.17 Å². The van der Waals surface area contributed by atoms with Gasteiger partial charge in [-0.25, -0.2) is 14.9 Å². The van der Waals surface area contributed by atoms with Crippen molar-refractivity contribution in [2.45, 2.75) is 6.92 Å². The van der Waals surface area contributed by atoms with Crippen molar-refractivity contribution < 1.29 is 14.7 Å². The highest BCUT2D eigenvalue weighted by Gasteiger charge is 2.16. The van der Waals surface area contributed by atoms with E-state index < -0.39 is 11.0 Å². The van der Waals surface area contributed by atoms with Crippen LogP contribution in [0.25, 0.3) is 0 Å². The molecule has 0 saturated carbocycles. The highest BCUT2D eigenvalue weighted by Crippen LogP contribution is 1.87. The lowest BCUT2D eigenvalue weighted by molar-refractivity contribution is -0.702. The van der Waals surface area contributed by atoms with E-state index in [1.807, 2.05) is 0 Å². The number of nitro groups is 1. The molecule has 7 nitrogen and oxygen atoms in total. The molecule has 0 atom stereocenters. The van der Waals surface area contributed by atoms with Crippen LogP contribution in [0.15, 0.2) is 0 Å². The Balaban J connectivity index is 4.00. The normalized spacial score (nSPS) is 7.60. The zero-order valence-corrected chi connectivity index (χ0v) is 4.97. The van der Waals surface area contributed by atoms with Gasteiger partial charge in [0, 0.05) is 6.92 Å². The molecule has 0 amide bonds. The summed E-state index contributed by atoms with van der Waals surface area (Å²) in [6, 6.07) is 0. The van der Waals surface area contributed by atoms with Crippen molar-refractivity contribution >= 4 is 5.97 Å². The number of rotatable bonds is 2. The summed E-state index contributed by atoms with van der Waals surface area (Å²) >= 11 is 0. The van der Waals surface area contributed by atoms with Crippen LogP contribution in [0.5, 0.6) is 0 Å². The number of nitrogens with zero attached hydrogens (tertiary/aromatic N) is 3. The number of hydrazine groups is 1. The summed E-state index contributed by atoms with van der Waals surface area (Å²) in [5, 5.41) is 16.1. The van der Waals surface area contributed by atoms with Gasteiger partial charge in [-0.1, -0.05) is 0 Å². The molecule has 54 valence electrons. The first-order valence-corrected chi connectivity index (χ1v) is 2.10. The smallest absolute Gasteiger partial charge is 0.276 e. The quantitative estimate of drug-likeness (QED) is 0.223. The first-order valence-electron chi connectivity index (χ1n) is 2.10. The van der Waals surface area contributed by atoms with Crippen LogP contribution in [-0.4, -0.2) is 16.2 Å². The molecule has 0 spiro atoms. The van der Waals surface area contributed by atoms with Crippen molar-refractivity contribution in [1.29, 1.82) is 5.26 Å². The van der Waals surface area contributed by atoms with E-state index in [4.69, 9.17) is 5.26 Å². The van der Waals surface area contributed by atoms with E-state index in [0.717, 1.165) is 13.1 Å². The summed E-state index contributed by atoms with van der Waals surface area (Å²) in [5.74, 6) is -0.918. The van der Waals surface area contributed by atoms with E-state index in [2.05, 4.69) is 4.84 Å². The van der Waals surface area contributed by atoms with E-state index in [9.17, 15) is 14.9 Å². The second-order valence-corrected chi connectivity index (χ2v) is 1.19. The maximum atomic E-state index is 10.00. The first-order chi connectivity index (χ1) is 4.57. The molecule has 0 aromatic heterocycles. The fourth-order valence-corrected chi connectivity index (χ4v) is 0.212. The minimum Gasteiger partial charge on any atom is -0.276 e. The predicted molar refractivity (Wildman–Crippen MR) is 26.2 cm³/mol. The minimum absolute atomic E-state index is 0.331. The van der Waals surface area contributed by atoms with Crippen molar-refractivity contribution in [2.24, 2.45) is 0 Å². The average molecular weight is 145 g/mol. The van der Waals surface area contributed by atoms with Crippen LogP contribution in [0.3, 0.4) is 0 Å². The molecule has 0 aliphatic heterocycles. The minimum atomic E-state index is -1.15. The summed E-state index contributed by atoms with van der Waals surface area (Å²) < 4.78 is 0. The summed E-state index contributed by atoms with van der Waals surface area (Å²) in [4.78, 5) is 23.5. The molecule has 0 aromatic carbocycles. The molecule has 0 saturated heterocycles. The fourth-order valence-electron chi connectivity index (χ4n) is 0.212. The third kappa shape index (κ3) is 2.46. The maximum absolute atomic E-state index is 10.00. The van der Waals surface area contributed by atoms with Gasteiger partial charge in [0.2, 0.25) is 5.03 Å². The standard InChI is InChI=1S/C3H3N3O4/c1-3(7)10-5(2-4)6(8)9/h1H3. The second-order valence-electron chi connectivity index (χ2n) is 1.19. The Labute approximate surface area is 55.5 Å². The zero-order valence-electron chi connectivity index (χ0n) is 4.97. The summed E-state index contributed by atoms with van der Waals surface area (Å²) in [6.45, 7) is 0.952. The Morgan fingerprint density at radius 2 is 2.40 bits per heavy atom. The van der Waals surface area contributed by atoms with E-state index in [1.54, 1.807) is 0 Å². The van der Waals surface area contributed by atoms with Gasteiger partial charge in [-0.3, -0.25) is 4.84 Å². The summed E-state index contributed by atoms with van der Waals surface area (Å²) in [6.07, 6.45) is 1.02. The second kappa shape index (κ2) is 3.24. The molecule has 0 aromatic rings. The highest BCUT2D eigenvalue weighted by atomic mass is 16.8. The van der Waals surface area contributed by atoms with Crippen molar-refractivity contribution in [2.75, 3.05) is 0 Å². The Morgan fingerprint density at radius 1 is 1.90 bits per heavy atom. The molecular weight excluding hydrogens is 142 g/mol. The van der Waals surface area contributed by atoms with Crippen LogP contribution in [0, 0.1) is 21.6 Å². The van der Waals surface area contributed by atoms with Gasteiger partial charge in [-0.05, 0) is 0 Å². The number of hydrogen-bond acceptors (Lipinski definition) is 5. The monoisotopic (exact) mass is 145 g/mol. The van der Waals surface area contributed by atoms with Crippen LogP contribution in [0.1, 0.15) is 6.92 Å². The lowest BCUT2D eigenvalue weighted by atomic mass is 10.8. The van der Waals surface area contributed by atoms with Crippen molar-refractivity contribution in [3.05, 3.63) is 10.1 Å². The predicted octanol–water partition coefficient (Wildman–Crippen LogP) is -0.561. The third-order valence-electron chi connectivity index (χ3n) is 0.449. The van der Waals surface area contributed by atoms with Gasteiger partial charge < -0.3 is 0 Å². The van der Waals surface area contributed by atoms with Crippen LogP contribution in [-0.2, 0) is 9.63 Å². The lowest BCUT2D eigenvalue weighted by Crippen LogP contribution is -2.26. The van der Waals surface area contributed by atoms with Crippen molar-refractivity contribution in [1.82, 2.24) is 5.17 Å². The van der Waals surface area contributed by atoms with Crippen LogP contribution in [0.4, 0.5) is 0 Å². The number of hydroxylamine groups is 1. The molecule has 0 fully saturated rings. The molecule has 0 bridgehead atoms. The molecule has 0 radical (unpaired) electrons. The number of carbonyl (C=O) groups is 1. The SMILES string of the molecule is CC(=O)ON(C#N)[N+](=O)[O-]. The Bertz CT molecular complexity index is 194. The van der Waals surface area contributed by atoms with Gasteiger partial charge >= 0.3 is 5.97 Å². The topological polar surface area (TPSA) is 96.5 Å².